The molecular formula is C15H19NO2. The third-order valence-electron chi connectivity index (χ3n) is 3.31. The highest BCUT2D eigenvalue weighted by Crippen LogP contribution is 2.34. The van der Waals surface area contributed by atoms with Crippen molar-refractivity contribution < 1.29 is 9.53 Å². The van der Waals surface area contributed by atoms with Crippen LogP contribution < -0.4 is 4.74 Å². The van der Waals surface area contributed by atoms with Crippen LogP contribution in [0.4, 0.5) is 0 Å². The molecule has 1 aromatic heterocycles. The zero-order valence-electron chi connectivity index (χ0n) is 11.3. The van der Waals surface area contributed by atoms with Gasteiger partial charge in [-0.05, 0) is 36.1 Å². The van der Waals surface area contributed by atoms with Crippen molar-refractivity contribution in [1.29, 1.82) is 0 Å². The number of hydrogen-bond acceptors (Lipinski definition) is 2. The van der Waals surface area contributed by atoms with E-state index in [0.29, 0.717) is 6.42 Å². The molecule has 1 aromatic carbocycles. The first kappa shape index (κ1) is 12.7. The molecule has 0 aliphatic carbocycles. The van der Waals surface area contributed by atoms with Crippen molar-refractivity contribution in [2.45, 2.75) is 32.6 Å². The van der Waals surface area contributed by atoms with Crippen LogP contribution in [0.25, 0.3) is 10.9 Å². The van der Waals surface area contributed by atoms with Crippen molar-refractivity contribution >= 4 is 16.7 Å². The van der Waals surface area contributed by atoms with Crippen LogP contribution in [0.15, 0.2) is 24.4 Å². The van der Waals surface area contributed by atoms with E-state index in [9.17, 15) is 4.79 Å². The van der Waals surface area contributed by atoms with Gasteiger partial charge in [0.1, 0.15) is 11.5 Å². The van der Waals surface area contributed by atoms with Gasteiger partial charge in [0.15, 0.2) is 0 Å². The van der Waals surface area contributed by atoms with Gasteiger partial charge in [-0.3, -0.25) is 4.79 Å². The summed E-state index contributed by atoms with van der Waals surface area (Å²) in [4.78, 5) is 14.6. The van der Waals surface area contributed by atoms with E-state index < -0.39 is 0 Å². The largest absolute Gasteiger partial charge is 0.497 e. The molecule has 3 nitrogen and oxygen atoms in total. The predicted molar refractivity (Wildman–Crippen MR) is 73.2 cm³/mol. The molecule has 3 heteroatoms. The first-order valence-electron chi connectivity index (χ1n) is 6.09. The topological polar surface area (TPSA) is 42.1 Å². The molecule has 0 radical (unpaired) electrons. The Labute approximate surface area is 107 Å². The first-order chi connectivity index (χ1) is 8.44. The van der Waals surface area contributed by atoms with Gasteiger partial charge in [-0.25, -0.2) is 0 Å². The van der Waals surface area contributed by atoms with Crippen LogP contribution in [0.1, 0.15) is 32.8 Å². The lowest BCUT2D eigenvalue weighted by molar-refractivity contribution is -0.118. The Balaban J connectivity index is 2.53. The number of H-pyrrole nitrogens is 1. The van der Waals surface area contributed by atoms with Crippen LogP contribution in [0, 0.1) is 0 Å². The lowest BCUT2D eigenvalue weighted by atomic mass is 9.80. The number of Topliss-reactive ketones (excluding diaryl/α,β-unsaturated/α-hetero) is 1. The molecule has 1 N–H and O–H groups in total. The van der Waals surface area contributed by atoms with Gasteiger partial charge in [0.2, 0.25) is 0 Å². The molecule has 2 aromatic rings. The van der Waals surface area contributed by atoms with Gasteiger partial charge in [0, 0.05) is 23.5 Å². The van der Waals surface area contributed by atoms with E-state index in [1.54, 1.807) is 14.0 Å². The van der Waals surface area contributed by atoms with E-state index in [2.05, 4.69) is 18.8 Å². The number of methoxy groups -OCH3 is 1. The Kier molecular flexibility index (Phi) is 3.16. The molecule has 0 aliphatic rings. The smallest absolute Gasteiger partial charge is 0.130 e. The molecule has 96 valence electrons. The summed E-state index contributed by atoms with van der Waals surface area (Å²) in [5.41, 5.74) is 2.06. The number of ether oxygens (including phenoxy) is 1. The normalized spacial score (nSPS) is 11.8. The molecule has 0 amide bonds. The SMILES string of the molecule is COc1ccc2[nH]cc(C(C)(C)CC(C)=O)c2c1. The lowest BCUT2D eigenvalue weighted by Crippen LogP contribution is -2.20. The molecule has 0 fully saturated rings. The maximum Gasteiger partial charge on any atom is 0.130 e. The molecular weight excluding hydrogens is 226 g/mol. The average molecular weight is 245 g/mol. The van der Waals surface area contributed by atoms with Crippen LogP contribution in [-0.4, -0.2) is 17.9 Å². The third-order valence-corrected chi connectivity index (χ3v) is 3.31. The molecule has 1 heterocycles. The molecule has 2 rings (SSSR count). The number of benzene rings is 1. The van der Waals surface area contributed by atoms with Gasteiger partial charge in [0.05, 0.1) is 7.11 Å². The highest BCUT2D eigenvalue weighted by Gasteiger charge is 2.25. The summed E-state index contributed by atoms with van der Waals surface area (Å²) in [6.07, 6.45) is 2.53. The second-order valence-electron chi connectivity index (χ2n) is 5.38. The molecule has 0 atom stereocenters. The number of aromatic nitrogens is 1. The number of aromatic amines is 1. The first-order valence-corrected chi connectivity index (χ1v) is 6.09. The Morgan fingerprint density at radius 2 is 2.11 bits per heavy atom. The van der Waals surface area contributed by atoms with Crippen molar-refractivity contribution in [2.24, 2.45) is 0 Å². The molecule has 0 saturated heterocycles. The molecule has 0 spiro atoms. The lowest BCUT2D eigenvalue weighted by Gasteiger charge is -2.23. The van der Waals surface area contributed by atoms with Crippen molar-refractivity contribution in [2.75, 3.05) is 7.11 Å². The summed E-state index contributed by atoms with van der Waals surface area (Å²) >= 11 is 0. The standard InChI is InChI=1S/C15H19NO2/c1-10(17)8-15(2,3)13-9-16-14-6-5-11(18-4)7-12(13)14/h5-7,9,16H,8H2,1-4H3. The van der Waals surface area contributed by atoms with E-state index in [0.717, 1.165) is 22.2 Å². The monoisotopic (exact) mass is 245 g/mol. The van der Waals surface area contributed by atoms with E-state index in [1.807, 2.05) is 24.4 Å². The van der Waals surface area contributed by atoms with E-state index in [4.69, 9.17) is 4.74 Å². The van der Waals surface area contributed by atoms with Crippen LogP contribution in [0.2, 0.25) is 0 Å². The minimum atomic E-state index is -0.170. The molecule has 0 unspecified atom stereocenters. The fraction of sp³-hybridized carbons (Fsp3) is 0.400. The maximum atomic E-state index is 11.4. The minimum Gasteiger partial charge on any atom is -0.497 e. The zero-order chi connectivity index (χ0) is 13.3. The number of rotatable bonds is 4. The summed E-state index contributed by atoms with van der Waals surface area (Å²) in [5, 5.41) is 1.13. The van der Waals surface area contributed by atoms with Crippen molar-refractivity contribution in [1.82, 2.24) is 4.98 Å². The Bertz CT molecular complexity index is 581. The van der Waals surface area contributed by atoms with Gasteiger partial charge in [-0.2, -0.15) is 0 Å². The number of carbonyl (C=O) groups is 1. The summed E-state index contributed by atoms with van der Waals surface area (Å²) in [5.74, 6) is 1.04. The maximum absolute atomic E-state index is 11.4. The Morgan fingerprint density at radius 1 is 1.39 bits per heavy atom. The molecule has 0 saturated carbocycles. The molecule has 18 heavy (non-hydrogen) atoms. The van der Waals surface area contributed by atoms with Gasteiger partial charge >= 0.3 is 0 Å². The third kappa shape index (κ3) is 2.26. The number of fused-ring (bicyclic) bond motifs is 1. The fourth-order valence-corrected chi connectivity index (χ4v) is 2.50. The predicted octanol–water partition coefficient (Wildman–Crippen LogP) is 3.43. The average Bonchev–Trinajstić information content (AvgIpc) is 2.70. The molecule has 0 aliphatic heterocycles. The van der Waals surface area contributed by atoms with Gasteiger partial charge in [-0.15, -0.1) is 0 Å². The summed E-state index contributed by atoms with van der Waals surface area (Å²) in [6.45, 7) is 5.82. The van der Waals surface area contributed by atoms with E-state index >= 15 is 0 Å². The minimum absolute atomic E-state index is 0.170. The quantitative estimate of drug-likeness (QED) is 0.896. The van der Waals surface area contributed by atoms with Crippen molar-refractivity contribution in [3.63, 3.8) is 0 Å². The highest BCUT2D eigenvalue weighted by atomic mass is 16.5. The Hall–Kier alpha value is -1.77. The van der Waals surface area contributed by atoms with Crippen LogP contribution in [0.5, 0.6) is 5.75 Å². The van der Waals surface area contributed by atoms with Crippen LogP contribution in [-0.2, 0) is 10.2 Å². The Morgan fingerprint density at radius 3 is 2.72 bits per heavy atom. The second-order valence-corrected chi connectivity index (χ2v) is 5.38. The number of nitrogens with one attached hydrogen (secondary N) is 1. The highest BCUT2D eigenvalue weighted by molar-refractivity contribution is 5.87. The summed E-state index contributed by atoms with van der Waals surface area (Å²) < 4.78 is 5.26. The van der Waals surface area contributed by atoms with Crippen molar-refractivity contribution in [3.05, 3.63) is 30.0 Å². The summed E-state index contributed by atoms with van der Waals surface area (Å²) in [7, 11) is 1.66. The van der Waals surface area contributed by atoms with E-state index in [1.165, 1.54) is 0 Å². The second kappa shape index (κ2) is 4.48. The van der Waals surface area contributed by atoms with Gasteiger partial charge < -0.3 is 9.72 Å². The fourth-order valence-electron chi connectivity index (χ4n) is 2.50. The van der Waals surface area contributed by atoms with Crippen LogP contribution >= 0.6 is 0 Å². The van der Waals surface area contributed by atoms with Crippen molar-refractivity contribution in [3.8, 4) is 5.75 Å². The molecule has 0 bridgehead atoms. The van der Waals surface area contributed by atoms with Crippen LogP contribution in [0.3, 0.4) is 0 Å². The van der Waals surface area contributed by atoms with E-state index in [-0.39, 0.29) is 11.2 Å². The zero-order valence-corrected chi connectivity index (χ0v) is 11.3. The number of ketones is 1. The van der Waals surface area contributed by atoms with Gasteiger partial charge in [0.25, 0.3) is 0 Å². The number of hydrogen-bond donors (Lipinski definition) is 1. The summed E-state index contributed by atoms with van der Waals surface area (Å²) in [6, 6.07) is 5.95. The van der Waals surface area contributed by atoms with Gasteiger partial charge in [-0.1, -0.05) is 13.8 Å². The number of carbonyl (C=O) groups excluding carboxylic acids is 1.